The zero-order valence-electron chi connectivity index (χ0n) is 11.8. The van der Waals surface area contributed by atoms with Gasteiger partial charge in [0.15, 0.2) is 0 Å². The van der Waals surface area contributed by atoms with Gasteiger partial charge in [0, 0.05) is 18.8 Å². The first kappa shape index (κ1) is 17.3. The third-order valence-corrected chi connectivity index (χ3v) is 2.47. The Morgan fingerprint density at radius 1 is 1.16 bits per heavy atom. The first-order valence-corrected chi connectivity index (χ1v) is 6.58. The molecule has 0 amide bonds. The molecule has 0 aliphatic carbocycles. The molecule has 106 valence electrons. The second kappa shape index (κ2) is 12.7. The van der Waals surface area contributed by atoms with E-state index >= 15 is 0 Å². The van der Waals surface area contributed by atoms with Crippen molar-refractivity contribution in [2.75, 3.05) is 24.6 Å². The Labute approximate surface area is 116 Å². The SMILES string of the molecule is C=COC=C.CCCCN(CCO)c1ccccc1. The summed E-state index contributed by atoms with van der Waals surface area (Å²) in [6, 6.07) is 10.3. The second-order valence-corrected chi connectivity index (χ2v) is 3.87. The summed E-state index contributed by atoms with van der Waals surface area (Å²) in [6.45, 7) is 10.7. The fraction of sp³-hybridized carbons (Fsp3) is 0.375. The molecule has 3 heteroatoms. The minimum absolute atomic E-state index is 0.221. The second-order valence-electron chi connectivity index (χ2n) is 3.87. The smallest absolute Gasteiger partial charge is 0.0829 e. The number of hydrogen-bond donors (Lipinski definition) is 1. The van der Waals surface area contributed by atoms with Gasteiger partial charge in [0.25, 0.3) is 0 Å². The summed E-state index contributed by atoms with van der Waals surface area (Å²) in [5.41, 5.74) is 1.20. The van der Waals surface area contributed by atoms with Crippen LogP contribution in [0.2, 0.25) is 0 Å². The summed E-state index contributed by atoms with van der Waals surface area (Å²) in [6.07, 6.45) is 4.99. The number of aliphatic hydroxyl groups excluding tert-OH is 1. The van der Waals surface area contributed by atoms with Crippen LogP contribution in [0.3, 0.4) is 0 Å². The lowest BCUT2D eigenvalue weighted by Crippen LogP contribution is -2.27. The van der Waals surface area contributed by atoms with Crippen molar-refractivity contribution in [2.45, 2.75) is 19.8 Å². The zero-order chi connectivity index (χ0) is 14.3. The van der Waals surface area contributed by atoms with E-state index in [1.807, 2.05) is 18.2 Å². The van der Waals surface area contributed by atoms with Gasteiger partial charge < -0.3 is 14.7 Å². The Balaban J connectivity index is 0.000000555. The van der Waals surface area contributed by atoms with Crippen LogP contribution in [0.4, 0.5) is 5.69 Å². The molecule has 1 N–H and O–H groups in total. The molecular formula is C16H25NO2. The molecule has 0 heterocycles. The molecule has 0 saturated carbocycles. The molecule has 1 aromatic rings. The maximum atomic E-state index is 8.96. The number of benzene rings is 1. The van der Waals surface area contributed by atoms with E-state index in [1.54, 1.807) is 0 Å². The van der Waals surface area contributed by atoms with Gasteiger partial charge in [-0.1, -0.05) is 44.7 Å². The van der Waals surface area contributed by atoms with Crippen LogP contribution in [0.5, 0.6) is 0 Å². The Bertz CT molecular complexity index is 319. The molecule has 3 nitrogen and oxygen atoms in total. The topological polar surface area (TPSA) is 32.7 Å². The highest BCUT2D eigenvalue weighted by molar-refractivity contribution is 5.45. The third kappa shape index (κ3) is 8.91. The minimum Gasteiger partial charge on any atom is -0.474 e. The van der Waals surface area contributed by atoms with Crippen molar-refractivity contribution in [3.05, 3.63) is 56.0 Å². The average molecular weight is 263 g/mol. The van der Waals surface area contributed by atoms with Crippen molar-refractivity contribution < 1.29 is 9.84 Å². The lowest BCUT2D eigenvalue weighted by atomic mass is 10.2. The summed E-state index contributed by atoms with van der Waals surface area (Å²) in [5, 5.41) is 8.96. The van der Waals surface area contributed by atoms with Crippen LogP contribution >= 0.6 is 0 Å². The predicted octanol–water partition coefficient (Wildman–Crippen LogP) is 3.58. The zero-order valence-corrected chi connectivity index (χ0v) is 11.8. The summed E-state index contributed by atoms with van der Waals surface area (Å²) >= 11 is 0. The van der Waals surface area contributed by atoms with E-state index in [0.29, 0.717) is 0 Å². The molecule has 0 unspecified atom stereocenters. The maximum Gasteiger partial charge on any atom is 0.0829 e. The van der Waals surface area contributed by atoms with Gasteiger partial charge in [0.1, 0.15) is 0 Å². The van der Waals surface area contributed by atoms with Crippen LogP contribution < -0.4 is 4.90 Å². The number of ether oxygens (including phenoxy) is 1. The largest absolute Gasteiger partial charge is 0.474 e. The molecule has 0 atom stereocenters. The van der Waals surface area contributed by atoms with Crippen molar-refractivity contribution in [3.8, 4) is 0 Å². The van der Waals surface area contributed by atoms with Crippen molar-refractivity contribution in [1.82, 2.24) is 0 Å². The van der Waals surface area contributed by atoms with Gasteiger partial charge in [-0.3, -0.25) is 0 Å². The number of anilines is 1. The molecule has 1 aromatic carbocycles. The van der Waals surface area contributed by atoms with Crippen molar-refractivity contribution in [2.24, 2.45) is 0 Å². The van der Waals surface area contributed by atoms with Crippen LogP contribution in [-0.4, -0.2) is 24.8 Å². The van der Waals surface area contributed by atoms with Gasteiger partial charge in [-0.15, -0.1) is 0 Å². The molecule has 0 aliphatic heterocycles. The van der Waals surface area contributed by atoms with E-state index in [4.69, 9.17) is 5.11 Å². The average Bonchev–Trinajstić information content (AvgIpc) is 2.46. The van der Waals surface area contributed by atoms with Gasteiger partial charge in [0.05, 0.1) is 19.1 Å². The molecule has 1 rings (SSSR count). The first-order valence-electron chi connectivity index (χ1n) is 6.58. The number of unbranched alkanes of at least 4 members (excludes halogenated alkanes) is 1. The van der Waals surface area contributed by atoms with E-state index in [0.717, 1.165) is 13.1 Å². The summed E-state index contributed by atoms with van der Waals surface area (Å²) < 4.78 is 4.36. The number of hydrogen-bond acceptors (Lipinski definition) is 3. The Morgan fingerprint density at radius 2 is 1.79 bits per heavy atom. The fourth-order valence-electron chi connectivity index (χ4n) is 1.55. The van der Waals surface area contributed by atoms with E-state index in [2.05, 4.69) is 41.9 Å². The standard InChI is InChI=1S/C12H19NO.C4H6O/c1-2-3-9-13(10-11-14)12-7-5-4-6-8-12;1-3-5-4-2/h4-8,14H,2-3,9-11H2,1H3;3-4H,1-2H2. The lowest BCUT2D eigenvalue weighted by Gasteiger charge is -2.23. The molecule has 0 bridgehead atoms. The molecule has 0 fully saturated rings. The predicted molar refractivity (Wildman–Crippen MR) is 82.1 cm³/mol. The Morgan fingerprint density at radius 3 is 2.21 bits per heavy atom. The molecule has 0 radical (unpaired) electrons. The molecular weight excluding hydrogens is 238 g/mol. The van der Waals surface area contributed by atoms with Crippen LogP contribution in [0.15, 0.2) is 56.0 Å². The van der Waals surface area contributed by atoms with Gasteiger partial charge in [-0.05, 0) is 18.6 Å². The van der Waals surface area contributed by atoms with E-state index in [9.17, 15) is 0 Å². The van der Waals surface area contributed by atoms with Gasteiger partial charge in [-0.2, -0.15) is 0 Å². The molecule has 0 spiro atoms. The highest BCUT2D eigenvalue weighted by Crippen LogP contribution is 2.13. The van der Waals surface area contributed by atoms with Gasteiger partial charge in [0.2, 0.25) is 0 Å². The monoisotopic (exact) mass is 263 g/mol. The van der Waals surface area contributed by atoms with Crippen molar-refractivity contribution >= 4 is 5.69 Å². The van der Waals surface area contributed by atoms with E-state index in [-0.39, 0.29) is 6.61 Å². The molecule has 0 aromatic heterocycles. The molecule has 0 aliphatic rings. The van der Waals surface area contributed by atoms with E-state index < -0.39 is 0 Å². The highest BCUT2D eigenvalue weighted by atomic mass is 16.5. The van der Waals surface area contributed by atoms with E-state index in [1.165, 1.54) is 31.1 Å². The summed E-state index contributed by atoms with van der Waals surface area (Å²) in [7, 11) is 0. The van der Waals surface area contributed by atoms with Gasteiger partial charge >= 0.3 is 0 Å². The number of rotatable bonds is 8. The highest BCUT2D eigenvalue weighted by Gasteiger charge is 2.03. The minimum atomic E-state index is 0.221. The van der Waals surface area contributed by atoms with Crippen molar-refractivity contribution in [1.29, 1.82) is 0 Å². The third-order valence-electron chi connectivity index (χ3n) is 2.47. The Kier molecular flexibility index (Phi) is 11.5. The molecule has 19 heavy (non-hydrogen) atoms. The normalized spacial score (nSPS) is 8.95. The quantitative estimate of drug-likeness (QED) is 0.728. The molecule has 0 saturated heterocycles. The summed E-state index contributed by atoms with van der Waals surface area (Å²) in [4.78, 5) is 2.23. The number of aliphatic hydroxyl groups is 1. The van der Waals surface area contributed by atoms with Gasteiger partial charge in [-0.25, -0.2) is 0 Å². The van der Waals surface area contributed by atoms with Crippen LogP contribution in [0, 0.1) is 0 Å². The number of para-hydroxylation sites is 1. The van der Waals surface area contributed by atoms with Crippen molar-refractivity contribution in [3.63, 3.8) is 0 Å². The van der Waals surface area contributed by atoms with Crippen LogP contribution in [-0.2, 0) is 4.74 Å². The number of nitrogens with zero attached hydrogens (tertiary/aromatic N) is 1. The first-order chi connectivity index (χ1) is 9.29. The van der Waals surface area contributed by atoms with Crippen LogP contribution in [0.25, 0.3) is 0 Å². The lowest BCUT2D eigenvalue weighted by molar-refractivity contribution is 0.301. The maximum absolute atomic E-state index is 8.96. The van der Waals surface area contributed by atoms with Crippen LogP contribution in [0.1, 0.15) is 19.8 Å². The summed E-state index contributed by atoms with van der Waals surface area (Å²) in [5.74, 6) is 0. The Hall–Kier alpha value is -1.74. The fourth-order valence-corrected chi connectivity index (χ4v) is 1.55.